The van der Waals surface area contributed by atoms with Crippen LogP contribution in [0.3, 0.4) is 0 Å². The summed E-state index contributed by atoms with van der Waals surface area (Å²) >= 11 is 6.50. The molecule has 0 saturated carbocycles. The van der Waals surface area contributed by atoms with Gasteiger partial charge in [-0.2, -0.15) is 8.78 Å². The molecule has 0 atom stereocenters. The number of alkyl halides is 2. The van der Waals surface area contributed by atoms with E-state index in [1.54, 1.807) is 49.4 Å². The van der Waals surface area contributed by atoms with E-state index in [1.807, 2.05) is 13.8 Å². The lowest BCUT2D eigenvalue weighted by atomic mass is 9.99. The summed E-state index contributed by atoms with van der Waals surface area (Å²) in [6, 6.07) is 11.7. The minimum atomic E-state index is -3.12. The molecular formula is C26H24ClF2NO5. The lowest BCUT2D eigenvalue weighted by Crippen LogP contribution is -2.24. The molecule has 1 aliphatic heterocycles. The molecule has 1 aliphatic rings. The molecule has 0 saturated heterocycles. The molecule has 3 aromatic rings. The number of nitrogens with zero attached hydrogens (tertiary/aromatic N) is 1. The monoisotopic (exact) mass is 503 g/mol. The van der Waals surface area contributed by atoms with E-state index in [1.165, 1.54) is 4.90 Å². The lowest BCUT2D eigenvalue weighted by molar-refractivity contribution is -0.142. The molecule has 4 rings (SSSR count). The van der Waals surface area contributed by atoms with E-state index in [4.69, 9.17) is 25.8 Å². The summed E-state index contributed by atoms with van der Waals surface area (Å²) in [4.78, 5) is 26.8. The second-order valence-electron chi connectivity index (χ2n) is 8.26. The van der Waals surface area contributed by atoms with Crippen LogP contribution in [0.5, 0.6) is 11.5 Å². The highest BCUT2D eigenvalue weighted by atomic mass is 35.5. The van der Waals surface area contributed by atoms with Gasteiger partial charge in [-0.05, 0) is 38.5 Å². The van der Waals surface area contributed by atoms with Crippen LogP contribution in [0.2, 0.25) is 5.02 Å². The number of fused-ring (bicyclic) bond motifs is 2. The highest BCUT2D eigenvalue weighted by Gasteiger charge is 2.38. The Kier molecular flexibility index (Phi) is 7.12. The van der Waals surface area contributed by atoms with Crippen molar-refractivity contribution in [3.63, 3.8) is 0 Å². The molecule has 0 bridgehead atoms. The van der Waals surface area contributed by atoms with Crippen LogP contribution in [0, 0.1) is 0 Å². The van der Waals surface area contributed by atoms with Gasteiger partial charge in [0.1, 0.15) is 11.5 Å². The Balaban J connectivity index is 1.81. The number of ether oxygens (including phenoxy) is 3. The summed E-state index contributed by atoms with van der Waals surface area (Å²) in [6.07, 6.45) is -0.189. The SMILES string of the molecule is CCOC(=O)Cc1ccc(N2Cc3c(c(OC(F)F)c4ccccc4c3OC(C)C)C2=O)c(Cl)c1. The van der Waals surface area contributed by atoms with Crippen molar-refractivity contribution in [1.29, 1.82) is 0 Å². The van der Waals surface area contributed by atoms with E-state index in [-0.39, 0.29) is 42.0 Å². The summed E-state index contributed by atoms with van der Waals surface area (Å²) in [7, 11) is 0. The fourth-order valence-electron chi connectivity index (χ4n) is 4.20. The van der Waals surface area contributed by atoms with E-state index in [0.29, 0.717) is 33.3 Å². The minimum absolute atomic E-state index is 0.0197. The van der Waals surface area contributed by atoms with Gasteiger partial charge in [-0.3, -0.25) is 9.59 Å². The van der Waals surface area contributed by atoms with E-state index in [0.717, 1.165) is 0 Å². The second kappa shape index (κ2) is 10.1. The fraction of sp³-hybridized carbons (Fsp3) is 0.308. The highest BCUT2D eigenvalue weighted by Crippen LogP contribution is 2.47. The molecule has 1 amide bonds. The number of carbonyl (C=O) groups is 2. The van der Waals surface area contributed by atoms with Crippen LogP contribution in [0.25, 0.3) is 10.8 Å². The van der Waals surface area contributed by atoms with Crippen molar-refractivity contribution in [1.82, 2.24) is 0 Å². The predicted octanol–water partition coefficient (Wildman–Crippen LogP) is 6.15. The molecule has 0 unspecified atom stereocenters. The van der Waals surface area contributed by atoms with Gasteiger partial charge in [0, 0.05) is 16.3 Å². The number of hydrogen-bond acceptors (Lipinski definition) is 5. The van der Waals surface area contributed by atoms with Gasteiger partial charge in [0.25, 0.3) is 5.91 Å². The van der Waals surface area contributed by atoms with E-state index >= 15 is 0 Å². The first-order valence-electron chi connectivity index (χ1n) is 11.2. The number of halogens is 3. The average Bonchev–Trinajstić information content (AvgIpc) is 3.12. The Bertz CT molecular complexity index is 1290. The number of hydrogen-bond donors (Lipinski definition) is 0. The molecule has 6 nitrogen and oxygen atoms in total. The van der Waals surface area contributed by atoms with Crippen LogP contribution in [0.15, 0.2) is 42.5 Å². The van der Waals surface area contributed by atoms with Gasteiger partial charge in [0.05, 0.1) is 41.9 Å². The molecule has 35 heavy (non-hydrogen) atoms. The zero-order valence-electron chi connectivity index (χ0n) is 19.4. The Labute approximate surface area is 206 Å². The molecule has 0 aliphatic carbocycles. The summed E-state index contributed by atoms with van der Waals surface area (Å²) < 4.78 is 42.7. The summed E-state index contributed by atoms with van der Waals surface area (Å²) in [6.45, 7) is 2.61. The van der Waals surface area contributed by atoms with Gasteiger partial charge in [-0.25, -0.2) is 0 Å². The molecule has 0 N–H and O–H groups in total. The Morgan fingerprint density at radius 3 is 2.37 bits per heavy atom. The maximum absolute atomic E-state index is 13.6. The van der Waals surface area contributed by atoms with Crippen LogP contribution in [-0.2, 0) is 22.5 Å². The molecule has 1 heterocycles. The van der Waals surface area contributed by atoms with Gasteiger partial charge in [-0.1, -0.05) is 41.9 Å². The zero-order chi connectivity index (χ0) is 25.3. The molecule has 9 heteroatoms. The minimum Gasteiger partial charge on any atom is -0.490 e. The van der Waals surface area contributed by atoms with Crippen molar-refractivity contribution in [2.24, 2.45) is 0 Å². The summed E-state index contributed by atoms with van der Waals surface area (Å²) in [5, 5.41) is 1.16. The third kappa shape index (κ3) is 4.89. The molecule has 0 radical (unpaired) electrons. The van der Waals surface area contributed by atoms with Gasteiger partial charge >= 0.3 is 12.6 Å². The van der Waals surface area contributed by atoms with E-state index in [2.05, 4.69) is 0 Å². The highest BCUT2D eigenvalue weighted by molar-refractivity contribution is 6.34. The lowest BCUT2D eigenvalue weighted by Gasteiger charge is -2.19. The standard InChI is InChI=1S/C26H24ClF2NO5/c1-4-33-21(31)12-15-9-10-20(19(27)11-15)30-13-18-22(25(30)32)24(35-26(28)29)17-8-6-5-7-16(17)23(18)34-14(2)3/h5-11,14,26H,4,12-13H2,1-3H3. The molecule has 0 fully saturated rings. The van der Waals surface area contributed by atoms with Crippen LogP contribution in [-0.4, -0.2) is 31.2 Å². The Morgan fingerprint density at radius 2 is 1.77 bits per heavy atom. The quantitative estimate of drug-likeness (QED) is 0.345. The first kappa shape index (κ1) is 24.7. The predicted molar refractivity (Wildman–Crippen MR) is 129 cm³/mol. The smallest absolute Gasteiger partial charge is 0.387 e. The van der Waals surface area contributed by atoms with Gasteiger partial charge in [0.2, 0.25) is 0 Å². The zero-order valence-corrected chi connectivity index (χ0v) is 20.2. The van der Waals surface area contributed by atoms with Crippen LogP contribution >= 0.6 is 11.6 Å². The van der Waals surface area contributed by atoms with Crippen LogP contribution < -0.4 is 14.4 Å². The van der Waals surface area contributed by atoms with E-state index < -0.39 is 18.5 Å². The Morgan fingerprint density at radius 1 is 1.09 bits per heavy atom. The van der Waals surface area contributed by atoms with E-state index in [9.17, 15) is 18.4 Å². The number of anilines is 1. The van der Waals surface area contributed by atoms with Gasteiger partial charge < -0.3 is 19.1 Å². The van der Waals surface area contributed by atoms with Gasteiger partial charge in [0.15, 0.2) is 0 Å². The number of carbonyl (C=O) groups excluding carboxylic acids is 2. The third-order valence-electron chi connectivity index (χ3n) is 5.51. The molecule has 0 spiro atoms. The fourth-order valence-corrected chi connectivity index (χ4v) is 4.51. The first-order valence-corrected chi connectivity index (χ1v) is 11.5. The van der Waals surface area contributed by atoms with Crippen molar-refractivity contribution in [3.05, 3.63) is 64.2 Å². The molecule has 0 aromatic heterocycles. The van der Waals surface area contributed by atoms with Crippen molar-refractivity contribution < 1.29 is 32.6 Å². The van der Waals surface area contributed by atoms with Crippen LogP contribution in [0.4, 0.5) is 14.5 Å². The van der Waals surface area contributed by atoms with Crippen molar-refractivity contribution in [2.75, 3.05) is 11.5 Å². The van der Waals surface area contributed by atoms with Crippen molar-refractivity contribution >= 4 is 39.9 Å². The van der Waals surface area contributed by atoms with Crippen LogP contribution in [0.1, 0.15) is 42.3 Å². The third-order valence-corrected chi connectivity index (χ3v) is 5.81. The summed E-state index contributed by atoms with van der Waals surface area (Å²) in [5.74, 6) is -0.672. The number of rotatable bonds is 8. The van der Waals surface area contributed by atoms with Crippen molar-refractivity contribution in [2.45, 2.75) is 46.5 Å². The maximum Gasteiger partial charge on any atom is 0.387 e. The topological polar surface area (TPSA) is 65.1 Å². The Hall–Kier alpha value is -3.39. The largest absolute Gasteiger partial charge is 0.490 e. The first-order chi connectivity index (χ1) is 16.7. The number of amides is 1. The maximum atomic E-state index is 13.6. The molecule has 3 aromatic carbocycles. The number of benzene rings is 3. The number of esters is 1. The van der Waals surface area contributed by atoms with Gasteiger partial charge in [-0.15, -0.1) is 0 Å². The molecule has 184 valence electrons. The van der Waals surface area contributed by atoms with Crippen molar-refractivity contribution in [3.8, 4) is 11.5 Å². The summed E-state index contributed by atoms with van der Waals surface area (Å²) in [5.41, 5.74) is 1.47. The molecular weight excluding hydrogens is 480 g/mol. The normalized spacial score (nSPS) is 13.0. The average molecular weight is 504 g/mol. The second-order valence-corrected chi connectivity index (χ2v) is 8.67.